The zero-order valence-corrected chi connectivity index (χ0v) is 10.4. The molecule has 1 unspecified atom stereocenters. The number of hydrogen-bond donors (Lipinski definition) is 0. The largest absolute Gasteiger partial charge is 0.304 e. The number of nitrogens with zero attached hydrogens (tertiary/aromatic N) is 2. The third-order valence-corrected chi connectivity index (χ3v) is 3.25. The minimum absolute atomic E-state index is 0.814. The van der Waals surface area contributed by atoms with Gasteiger partial charge in [-0.25, -0.2) is 0 Å². The van der Waals surface area contributed by atoms with Crippen LogP contribution in [0.5, 0.6) is 0 Å². The maximum absolute atomic E-state index is 3.48. The highest BCUT2D eigenvalue weighted by Gasteiger charge is 2.23. The molecule has 1 saturated heterocycles. The summed E-state index contributed by atoms with van der Waals surface area (Å²) in [5.74, 6) is 0. The highest BCUT2D eigenvalue weighted by molar-refractivity contribution is 9.09. The van der Waals surface area contributed by atoms with Crippen LogP contribution in [0.15, 0.2) is 0 Å². The van der Waals surface area contributed by atoms with Crippen LogP contribution in [0, 0.1) is 0 Å². The van der Waals surface area contributed by atoms with E-state index in [2.05, 4.69) is 39.7 Å². The van der Waals surface area contributed by atoms with Gasteiger partial charge >= 0.3 is 0 Å². The van der Waals surface area contributed by atoms with Crippen LogP contribution in [0.4, 0.5) is 0 Å². The molecule has 0 aromatic carbocycles. The summed E-state index contributed by atoms with van der Waals surface area (Å²) in [6.45, 7) is 7.19. The lowest BCUT2D eigenvalue weighted by Gasteiger charge is -2.27. The van der Waals surface area contributed by atoms with E-state index in [4.69, 9.17) is 0 Å². The average molecular weight is 249 g/mol. The standard InChI is InChI=1S/C10H21BrN2/c1-3-13-7-4-5-10(13)9-12(2)8-6-11/h10H,3-9H2,1-2H3. The Labute approximate surface area is 90.4 Å². The van der Waals surface area contributed by atoms with Gasteiger partial charge in [0.15, 0.2) is 0 Å². The third-order valence-electron chi connectivity index (χ3n) is 2.89. The molecule has 1 rings (SSSR count). The van der Waals surface area contributed by atoms with E-state index in [1.807, 2.05) is 0 Å². The molecule has 0 saturated carbocycles. The number of likely N-dealkylation sites (N-methyl/N-ethyl adjacent to an activating group) is 2. The molecular weight excluding hydrogens is 228 g/mol. The van der Waals surface area contributed by atoms with Crippen LogP contribution in [0.1, 0.15) is 19.8 Å². The summed E-state index contributed by atoms with van der Waals surface area (Å²) in [5, 5.41) is 1.09. The second-order valence-corrected chi connectivity index (χ2v) is 4.67. The van der Waals surface area contributed by atoms with E-state index in [0.29, 0.717) is 0 Å². The van der Waals surface area contributed by atoms with Crippen molar-refractivity contribution >= 4 is 15.9 Å². The predicted molar refractivity (Wildman–Crippen MR) is 61.6 cm³/mol. The molecule has 0 spiro atoms. The van der Waals surface area contributed by atoms with Gasteiger partial charge in [0, 0.05) is 24.5 Å². The molecule has 0 bridgehead atoms. The second-order valence-electron chi connectivity index (χ2n) is 3.88. The maximum atomic E-state index is 3.48. The van der Waals surface area contributed by atoms with E-state index in [0.717, 1.165) is 17.9 Å². The Bertz CT molecular complexity index is 141. The summed E-state index contributed by atoms with van der Waals surface area (Å²) < 4.78 is 0. The molecule has 1 heterocycles. The number of rotatable bonds is 5. The first-order chi connectivity index (χ1) is 6.27. The van der Waals surface area contributed by atoms with Gasteiger partial charge in [-0.2, -0.15) is 0 Å². The molecule has 1 atom stereocenters. The summed E-state index contributed by atoms with van der Waals surface area (Å²) in [5.41, 5.74) is 0. The fourth-order valence-corrected chi connectivity index (χ4v) is 2.72. The molecule has 3 heteroatoms. The minimum atomic E-state index is 0.814. The van der Waals surface area contributed by atoms with Crippen LogP contribution >= 0.6 is 15.9 Å². The maximum Gasteiger partial charge on any atom is 0.0223 e. The van der Waals surface area contributed by atoms with Crippen LogP contribution in [0.3, 0.4) is 0 Å². The van der Waals surface area contributed by atoms with Crippen molar-refractivity contribution in [3.63, 3.8) is 0 Å². The molecule has 0 radical (unpaired) electrons. The molecule has 1 fully saturated rings. The molecule has 0 aliphatic carbocycles. The number of hydrogen-bond acceptors (Lipinski definition) is 2. The zero-order valence-electron chi connectivity index (χ0n) is 8.80. The van der Waals surface area contributed by atoms with Crippen LogP contribution in [0.2, 0.25) is 0 Å². The molecule has 0 N–H and O–H groups in total. The Hall–Kier alpha value is 0.400. The Balaban J connectivity index is 2.26. The molecule has 78 valence electrons. The Morgan fingerprint density at radius 1 is 1.54 bits per heavy atom. The van der Waals surface area contributed by atoms with Crippen molar-refractivity contribution in [2.45, 2.75) is 25.8 Å². The summed E-state index contributed by atoms with van der Waals surface area (Å²) in [4.78, 5) is 5.03. The van der Waals surface area contributed by atoms with E-state index >= 15 is 0 Å². The van der Waals surface area contributed by atoms with Crippen LogP contribution in [0.25, 0.3) is 0 Å². The Kier molecular flexibility index (Phi) is 5.29. The Morgan fingerprint density at radius 3 is 2.92 bits per heavy atom. The summed E-state index contributed by atoms with van der Waals surface area (Å²) in [6.07, 6.45) is 2.78. The van der Waals surface area contributed by atoms with Crippen molar-refractivity contribution in [1.82, 2.24) is 9.80 Å². The van der Waals surface area contributed by atoms with E-state index in [-0.39, 0.29) is 0 Å². The molecule has 1 aliphatic heterocycles. The Morgan fingerprint density at radius 2 is 2.31 bits per heavy atom. The van der Waals surface area contributed by atoms with E-state index in [1.54, 1.807) is 0 Å². The van der Waals surface area contributed by atoms with Crippen molar-refractivity contribution < 1.29 is 0 Å². The molecule has 0 amide bonds. The monoisotopic (exact) mass is 248 g/mol. The van der Waals surface area contributed by atoms with Gasteiger partial charge < -0.3 is 4.90 Å². The highest BCUT2D eigenvalue weighted by Crippen LogP contribution is 2.16. The fraction of sp³-hybridized carbons (Fsp3) is 1.00. The summed E-state index contributed by atoms with van der Waals surface area (Å²) >= 11 is 3.48. The van der Waals surface area contributed by atoms with Gasteiger partial charge in [-0.15, -0.1) is 0 Å². The van der Waals surface area contributed by atoms with E-state index < -0.39 is 0 Å². The first-order valence-corrected chi connectivity index (χ1v) is 6.38. The third kappa shape index (κ3) is 3.56. The van der Waals surface area contributed by atoms with Gasteiger partial charge in [0.05, 0.1) is 0 Å². The van der Waals surface area contributed by atoms with Crippen LogP contribution < -0.4 is 0 Å². The van der Waals surface area contributed by atoms with Crippen LogP contribution in [-0.2, 0) is 0 Å². The van der Waals surface area contributed by atoms with Crippen molar-refractivity contribution in [3.05, 3.63) is 0 Å². The SMILES string of the molecule is CCN1CCCC1CN(C)CCBr. The molecule has 0 aromatic heterocycles. The fourth-order valence-electron chi connectivity index (χ4n) is 2.11. The summed E-state index contributed by atoms with van der Waals surface area (Å²) in [7, 11) is 2.22. The van der Waals surface area contributed by atoms with E-state index in [1.165, 1.54) is 32.5 Å². The first-order valence-electron chi connectivity index (χ1n) is 5.26. The van der Waals surface area contributed by atoms with Gasteiger partial charge in [0.25, 0.3) is 0 Å². The number of alkyl halides is 1. The lowest BCUT2D eigenvalue weighted by molar-refractivity contribution is 0.204. The van der Waals surface area contributed by atoms with Gasteiger partial charge in [-0.1, -0.05) is 22.9 Å². The number of halogens is 1. The highest BCUT2D eigenvalue weighted by atomic mass is 79.9. The van der Waals surface area contributed by atoms with E-state index in [9.17, 15) is 0 Å². The van der Waals surface area contributed by atoms with Gasteiger partial charge in [0.2, 0.25) is 0 Å². The normalized spacial score (nSPS) is 24.5. The quantitative estimate of drug-likeness (QED) is 0.685. The second kappa shape index (κ2) is 5.99. The summed E-state index contributed by atoms with van der Waals surface area (Å²) in [6, 6.07) is 0.814. The average Bonchev–Trinajstić information content (AvgIpc) is 2.52. The van der Waals surface area contributed by atoms with Crippen molar-refractivity contribution in [1.29, 1.82) is 0 Å². The number of likely N-dealkylation sites (tertiary alicyclic amines) is 1. The van der Waals surface area contributed by atoms with Gasteiger partial charge in [-0.3, -0.25) is 4.90 Å². The van der Waals surface area contributed by atoms with Crippen molar-refractivity contribution in [2.24, 2.45) is 0 Å². The minimum Gasteiger partial charge on any atom is -0.304 e. The first kappa shape index (κ1) is 11.5. The molecule has 1 aliphatic rings. The van der Waals surface area contributed by atoms with Crippen molar-refractivity contribution in [3.8, 4) is 0 Å². The van der Waals surface area contributed by atoms with Gasteiger partial charge in [-0.05, 0) is 33.0 Å². The molecule has 0 aromatic rings. The smallest absolute Gasteiger partial charge is 0.0223 e. The van der Waals surface area contributed by atoms with Gasteiger partial charge in [0.1, 0.15) is 0 Å². The lowest BCUT2D eigenvalue weighted by Crippen LogP contribution is -2.39. The topological polar surface area (TPSA) is 6.48 Å². The lowest BCUT2D eigenvalue weighted by atomic mass is 10.2. The zero-order chi connectivity index (χ0) is 9.68. The van der Waals surface area contributed by atoms with Crippen molar-refractivity contribution in [2.75, 3.05) is 38.6 Å². The molecular formula is C10H21BrN2. The predicted octanol–water partition coefficient (Wildman–Crippen LogP) is 1.80. The molecule has 2 nitrogen and oxygen atoms in total. The van der Waals surface area contributed by atoms with Crippen LogP contribution in [-0.4, -0.2) is 54.4 Å². The molecule has 13 heavy (non-hydrogen) atoms.